The Hall–Kier alpha value is -4.98. The number of anilines is 1. The van der Waals surface area contributed by atoms with E-state index in [9.17, 15) is 14.4 Å². The van der Waals surface area contributed by atoms with Gasteiger partial charge >= 0.3 is 0 Å². The van der Waals surface area contributed by atoms with Gasteiger partial charge in [-0.1, -0.05) is 29.8 Å². The van der Waals surface area contributed by atoms with Crippen LogP contribution in [-0.2, 0) is 0 Å². The Labute approximate surface area is 212 Å². The lowest BCUT2D eigenvalue weighted by Gasteiger charge is -2.09. The summed E-state index contributed by atoms with van der Waals surface area (Å²) in [4.78, 5) is 39.3. The van der Waals surface area contributed by atoms with Gasteiger partial charge in [0.15, 0.2) is 11.5 Å². The third-order valence-corrected chi connectivity index (χ3v) is 5.79. The third kappa shape index (κ3) is 4.77. The molecule has 0 atom stereocenters. The van der Waals surface area contributed by atoms with Crippen LogP contribution in [0.15, 0.2) is 94.3 Å². The van der Waals surface area contributed by atoms with Gasteiger partial charge in [-0.15, -0.1) is 0 Å². The number of aromatic nitrogens is 2. The van der Waals surface area contributed by atoms with Crippen LogP contribution in [0.25, 0.3) is 16.7 Å². The number of carbonyl (C=O) groups is 2. The van der Waals surface area contributed by atoms with Crippen LogP contribution < -0.4 is 15.5 Å². The maximum absolute atomic E-state index is 13.4. The molecule has 1 N–H and O–H groups in total. The molecule has 0 spiro atoms. The zero-order valence-corrected chi connectivity index (χ0v) is 20.2. The number of hydrogen-bond donors (Lipinski definition) is 1. The second-order valence-corrected chi connectivity index (χ2v) is 8.35. The number of aryl methyl sites for hydroxylation is 1. The van der Waals surface area contributed by atoms with Crippen molar-refractivity contribution in [3.8, 4) is 11.4 Å². The Balaban J connectivity index is 1.52. The van der Waals surface area contributed by atoms with Crippen molar-refractivity contribution in [1.82, 2.24) is 9.78 Å². The van der Waals surface area contributed by atoms with E-state index in [2.05, 4.69) is 10.4 Å². The Morgan fingerprint density at radius 2 is 1.70 bits per heavy atom. The first-order valence-electron chi connectivity index (χ1n) is 11.7. The fourth-order valence-electron chi connectivity index (χ4n) is 3.91. The van der Waals surface area contributed by atoms with E-state index in [1.54, 1.807) is 48.5 Å². The number of benzene rings is 3. The van der Waals surface area contributed by atoms with Crippen molar-refractivity contribution in [3.63, 3.8) is 0 Å². The van der Waals surface area contributed by atoms with Gasteiger partial charge in [0, 0.05) is 23.2 Å². The topological polar surface area (TPSA) is 103 Å². The second-order valence-electron chi connectivity index (χ2n) is 8.35. The average Bonchev–Trinajstić information content (AvgIpc) is 3.28. The van der Waals surface area contributed by atoms with Gasteiger partial charge in [-0.05, 0) is 62.4 Å². The maximum Gasteiger partial charge on any atom is 0.280 e. The molecule has 1 amide bonds. The maximum atomic E-state index is 13.4. The average molecular weight is 494 g/mol. The molecular formula is C29H23N3O5. The Bertz CT molecular complexity index is 1670. The molecular weight excluding hydrogens is 470 g/mol. The minimum atomic E-state index is -0.751. The summed E-state index contributed by atoms with van der Waals surface area (Å²) < 4.78 is 12.8. The summed E-state index contributed by atoms with van der Waals surface area (Å²) in [5.74, 6) is -0.586. The molecule has 37 heavy (non-hydrogen) atoms. The van der Waals surface area contributed by atoms with Crippen molar-refractivity contribution in [2.45, 2.75) is 13.8 Å². The number of nitrogens with one attached hydrogen (secondary N) is 1. The molecule has 0 aliphatic carbocycles. The third-order valence-electron chi connectivity index (χ3n) is 5.79. The van der Waals surface area contributed by atoms with E-state index in [0.29, 0.717) is 34.6 Å². The molecule has 3 aromatic carbocycles. The number of furan rings is 1. The summed E-state index contributed by atoms with van der Waals surface area (Å²) in [6.45, 7) is 4.34. The molecule has 0 unspecified atom stereocenters. The molecule has 0 aliphatic rings. The fourth-order valence-corrected chi connectivity index (χ4v) is 3.91. The molecule has 0 saturated heterocycles. The number of ketones is 1. The van der Waals surface area contributed by atoms with Gasteiger partial charge in [0.2, 0.25) is 11.2 Å². The van der Waals surface area contributed by atoms with E-state index >= 15 is 0 Å². The molecule has 5 rings (SSSR count). The minimum absolute atomic E-state index is 0.0477. The predicted octanol–water partition coefficient (Wildman–Crippen LogP) is 5.17. The Morgan fingerprint density at radius 1 is 0.973 bits per heavy atom. The summed E-state index contributed by atoms with van der Waals surface area (Å²) in [7, 11) is 0. The van der Waals surface area contributed by atoms with Crippen LogP contribution in [0, 0.1) is 6.92 Å². The van der Waals surface area contributed by atoms with Gasteiger partial charge in [0.25, 0.3) is 5.91 Å². The first-order valence-corrected chi connectivity index (χ1v) is 11.7. The normalized spacial score (nSPS) is 10.9. The first kappa shape index (κ1) is 23.7. The lowest BCUT2D eigenvalue weighted by Crippen LogP contribution is -2.26. The van der Waals surface area contributed by atoms with E-state index in [-0.39, 0.29) is 17.1 Å². The van der Waals surface area contributed by atoms with Crippen LogP contribution in [0.3, 0.4) is 0 Å². The summed E-state index contributed by atoms with van der Waals surface area (Å²) in [6, 6.07) is 22.4. The number of nitrogens with zero attached hydrogens (tertiary/aromatic N) is 2. The zero-order chi connectivity index (χ0) is 25.9. The van der Waals surface area contributed by atoms with E-state index in [4.69, 9.17) is 9.15 Å². The molecule has 8 nitrogen and oxygen atoms in total. The second kappa shape index (κ2) is 9.94. The molecule has 0 fully saturated rings. The lowest BCUT2D eigenvalue weighted by atomic mass is 10.1. The van der Waals surface area contributed by atoms with Crippen molar-refractivity contribution in [2.75, 3.05) is 11.9 Å². The van der Waals surface area contributed by atoms with Crippen LogP contribution in [0.2, 0.25) is 0 Å². The SMILES string of the molecule is CCOc1ccc(C(=O)c2oc3ccccc3c2NC(=O)c2nn(-c3ccc(C)cc3)ccc2=O)cc1. The highest BCUT2D eigenvalue weighted by Gasteiger charge is 2.25. The van der Waals surface area contributed by atoms with E-state index in [1.807, 2.05) is 38.1 Å². The van der Waals surface area contributed by atoms with Crippen LogP contribution >= 0.6 is 0 Å². The highest BCUT2D eigenvalue weighted by atomic mass is 16.5. The first-order chi connectivity index (χ1) is 17.9. The highest BCUT2D eigenvalue weighted by molar-refractivity contribution is 6.18. The Kier molecular flexibility index (Phi) is 6.38. The van der Waals surface area contributed by atoms with E-state index in [0.717, 1.165) is 5.56 Å². The molecule has 0 radical (unpaired) electrons. The number of amides is 1. The monoisotopic (exact) mass is 493 g/mol. The molecule has 5 aromatic rings. The molecule has 2 aromatic heterocycles. The van der Waals surface area contributed by atoms with E-state index < -0.39 is 17.1 Å². The molecule has 184 valence electrons. The predicted molar refractivity (Wildman–Crippen MR) is 140 cm³/mol. The largest absolute Gasteiger partial charge is 0.494 e. The van der Waals surface area contributed by atoms with Crippen molar-refractivity contribution in [1.29, 1.82) is 0 Å². The van der Waals surface area contributed by atoms with Gasteiger partial charge in [0.05, 0.1) is 18.0 Å². The number of para-hydroxylation sites is 1. The number of ether oxygens (including phenoxy) is 1. The summed E-state index contributed by atoms with van der Waals surface area (Å²) in [6.07, 6.45) is 1.50. The van der Waals surface area contributed by atoms with Crippen molar-refractivity contribution in [2.24, 2.45) is 0 Å². The molecule has 0 aliphatic heterocycles. The van der Waals surface area contributed by atoms with Crippen molar-refractivity contribution in [3.05, 3.63) is 118 Å². The van der Waals surface area contributed by atoms with Crippen LogP contribution in [0.4, 0.5) is 5.69 Å². The number of rotatable bonds is 7. The number of hydrogen-bond acceptors (Lipinski definition) is 6. The number of carbonyl (C=O) groups excluding carboxylic acids is 2. The molecule has 0 bridgehead atoms. The van der Waals surface area contributed by atoms with Gasteiger partial charge in [-0.25, -0.2) is 4.68 Å². The fraction of sp³-hybridized carbons (Fsp3) is 0.103. The van der Waals surface area contributed by atoms with Gasteiger partial charge in [-0.2, -0.15) is 5.10 Å². The Morgan fingerprint density at radius 3 is 2.43 bits per heavy atom. The quantitative estimate of drug-likeness (QED) is 0.314. The molecule has 0 saturated carbocycles. The summed E-state index contributed by atoms with van der Waals surface area (Å²) in [5, 5.41) is 7.49. The van der Waals surface area contributed by atoms with Crippen LogP contribution in [0.1, 0.15) is 39.1 Å². The van der Waals surface area contributed by atoms with Crippen molar-refractivity contribution >= 4 is 28.3 Å². The van der Waals surface area contributed by atoms with E-state index in [1.165, 1.54) is 16.9 Å². The summed E-state index contributed by atoms with van der Waals surface area (Å²) in [5.41, 5.74) is 1.86. The summed E-state index contributed by atoms with van der Waals surface area (Å²) >= 11 is 0. The molecule has 8 heteroatoms. The smallest absolute Gasteiger partial charge is 0.280 e. The minimum Gasteiger partial charge on any atom is -0.494 e. The lowest BCUT2D eigenvalue weighted by molar-refractivity contribution is 0.101. The number of fused-ring (bicyclic) bond motifs is 1. The van der Waals surface area contributed by atoms with Gasteiger partial charge in [0.1, 0.15) is 11.3 Å². The van der Waals surface area contributed by atoms with Crippen LogP contribution in [-0.4, -0.2) is 28.1 Å². The zero-order valence-electron chi connectivity index (χ0n) is 20.2. The highest BCUT2D eigenvalue weighted by Crippen LogP contribution is 2.33. The van der Waals surface area contributed by atoms with Crippen LogP contribution in [0.5, 0.6) is 5.75 Å². The van der Waals surface area contributed by atoms with Gasteiger partial charge in [-0.3, -0.25) is 14.4 Å². The molecule has 2 heterocycles. The van der Waals surface area contributed by atoms with Crippen molar-refractivity contribution < 1.29 is 18.7 Å². The standard InChI is InChI=1S/C29H23N3O5/c1-3-36-21-14-10-19(11-15-21)27(34)28-25(22-6-4-5-7-24(22)37-28)30-29(35)26-23(33)16-17-32(31-26)20-12-8-18(2)9-13-20/h4-17H,3H2,1-2H3,(H,30,35). The van der Waals surface area contributed by atoms with Gasteiger partial charge < -0.3 is 14.5 Å².